The third-order valence-corrected chi connectivity index (χ3v) is 5.58. The Balaban J connectivity index is 2.28. The van der Waals surface area contributed by atoms with Gasteiger partial charge in [-0.2, -0.15) is 12.7 Å². The van der Waals surface area contributed by atoms with Gasteiger partial charge in [-0.15, -0.1) is 0 Å². The predicted octanol–water partition coefficient (Wildman–Crippen LogP) is 1.97. The molecule has 0 amide bonds. The summed E-state index contributed by atoms with van der Waals surface area (Å²) in [7, 11) is -3.27. The van der Waals surface area contributed by atoms with Crippen LogP contribution in [-0.2, 0) is 10.2 Å². The van der Waals surface area contributed by atoms with Gasteiger partial charge in [0.05, 0.1) is 0 Å². The van der Waals surface area contributed by atoms with Crippen LogP contribution in [0.25, 0.3) is 0 Å². The second-order valence-electron chi connectivity index (χ2n) is 6.84. The van der Waals surface area contributed by atoms with Crippen LogP contribution >= 0.6 is 0 Å². The van der Waals surface area contributed by atoms with Crippen LogP contribution in [0.5, 0.6) is 0 Å². The van der Waals surface area contributed by atoms with E-state index in [0.29, 0.717) is 37.5 Å². The first-order valence-electron chi connectivity index (χ1n) is 8.29. The third-order valence-electron chi connectivity index (χ3n) is 3.97. The average Bonchev–Trinajstić information content (AvgIpc) is 2.41. The summed E-state index contributed by atoms with van der Waals surface area (Å²) in [5, 5.41) is 3.44. The van der Waals surface area contributed by atoms with Crippen molar-refractivity contribution in [2.24, 2.45) is 11.8 Å². The van der Waals surface area contributed by atoms with Crippen LogP contribution in [0.1, 0.15) is 53.4 Å². The van der Waals surface area contributed by atoms with E-state index < -0.39 is 10.2 Å². The maximum Gasteiger partial charge on any atom is 0.279 e. The Morgan fingerprint density at radius 3 is 2.29 bits per heavy atom. The molecule has 1 saturated heterocycles. The van der Waals surface area contributed by atoms with E-state index in [1.807, 2.05) is 0 Å². The van der Waals surface area contributed by atoms with Gasteiger partial charge < -0.3 is 5.32 Å². The molecule has 0 bridgehead atoms. The van der Waals surface area contributed by atoms with Gasteiger partial charge in [-0.05, 0) is 44.1 Å². The van der Waals surface area contributed by atoms with Crippen molar-refractivity contribution in [2.45, 2.75) is 59.4 Å². The molecule has 0 atom stereocenters. The van der Waals surface area contributed by atoms with Crippen LogP contribution < -0.4 is 10.0 Å². The minimum atomic E-state index is -3.27. The zero-order valence-electron chi connectivity index (χ0n) is 14.1. The number of hydrogen-bond donors (Lipinski definition) is 2. The molecule has 0 radical (unpaired) electrons. The highest BCUT2D eigenvalue weighted by atomic mass is 32.2. The molecule has 0 aromatic carbocycles. The van der Waals surface area contributed by atoms with E-state index in [1.165, 1.54) is 0 Å². The summed E-state index contributed by atoms with van der Waals surface area (Å²) in [6, 6.07) is 0.495. The van der Waals surface area contributed by atoms with Crippen molar-refractivity contribution in [2.75, 3.05) is 26.2 Å². The van der Waals surface area contributed by atoms with Crippen LogP contribution in [0.15, 0.2) is 0 Å². The third kappa shape index (κ3) is 7.58. The molecule has 0 aromatic heterocycles. The van der Waals surface area contributed by atoms with Crippen molar-refractivity contribution in [3.8, 4) is 0 Å². The molecule has 5 nitrogen and oxygen atoms in total. The van der Waals surface area contributed by atoms with Gasteiger partial charge in [-0.25, -0.2) is 4.72 Å². The predicted molar refractivity (Wildman–Crippen MR) is 88.4 cm³/mol. The monoisotopic (exact) mass is 319 g/mol. The highest BCUT2D eigenvalue weighted by Gasteiger charge is 2.27. The second-order valence-corrected chi connectivity index (χ2v) is 8.60. The highest BCUT2D eigenvalue weighted by Crippen LogP contribution is 2.18. The lowest BCUT2D eigenvalue weighted by Crippen LogP contribution is -2.46. The number of nitrogens with zero attached hydrogens (tertiary/aromatic N) is 1. The molecule has 1 aliphatic rings. The zero-order valence-corrected chi connectivity index (χ0v) is 14.9. The summed E-state index contributed by atoms with van der Waals surface area (Å²) in [6.07, 6.45) is 3.87. The van der Waals surface area contributed by atoms with Gasteiger partial charge in [0.1, 0.15) is 0 Å². The lowest BCUT2D eigenvalue weighted by atomic mass is 9.98. The number of nitrogens with one attached hydrogen (secondary N) is 2. The molecule has 1 aliphatic heterocycles. The van der Waals surface area contributed by atoms with Crippen molar-refractivity contribution < 1.29 is 8.42 Å². The number of rotatable bonds is 9. The molecule has 21 heavy (non-hydrogen) atoms. The highest BCUT2D eigenvalue weighted by molar-refractivity contribution is 7.87. The van der Waals surface area contributed by atoms with Gasteiger partial charge in [0, 0.05) is 25.7 Å². The number of hydrogen-bond acceptors (Lipinski definition) is 3. The summed E-state index contributed by atoms with van der Waals surface area (Å²) < 4.78 is 28.7. The molecular formula is C15H33N3O2S. The van der Waals surface area contributed by atoms with Crippen molar-refractivity contribution >= 4 is 10.2 Å². The molecule has 1 fully saturated rings. The van der Waals surface area contributed by atoms with Gasteiger partial charge in [0.25, 0.3) is 10.2 Å². The molecule has 0 aromatic rings. The molecule has 0 aliphatic carbocycles. The summed E-state index contributed by atoms with van der Waals surface area (Å²) in [5.74, 6) is 1.22. The first-order chi connectivity index (χ1) is 9.81. The van der Waals surface area contributed by atoms with Crippen molar-refractivity contribution in [3.05, 3.63) is 0 Å². The topological polar surface area (TPSA) is 61.4 Å². The van der Waals surface area contributed by atoms with Gasteiger partial charge in [-0.3, -0.25) is 0 Å². The van der Waals surface area contributed by atoms with Crippen LogP contribution in [0, 0.1) is 11.8 Å². The molecule has 1 rings (SSSR count). The van der Waals surface area contributed by atoms with Crippen LogP contribution in [-0.4, -0.2) is 44.9 Å². The Labute approximate surface area is 131 Å². The minimum Gasteiger partial charge on any atom is -0.314 e. The fraction of sp³-hybridized carbons (Fsp3) is 1.00. The largest absolute Gasteiger partial charge is 0.314 e. The minimum absolute atomic E-state index is 0.495. The quantitative estimate of drug-likeness (QED) is 0.639. The molecule has 126 valence electrons. The Kier molecular flexibility index (Phi) is 8.16. The Morgan fingerprint density at radius 1 is 1.14 bits per heavy atom. The van der Waals surface area contributed by atoms with E-state index in [9.17, 15) is 8.42 Å². The van der Waals surface area contributed by atoms with E-state index in [1.54, 1.807) is 4.31 Å². The molecular weight excluding hydrogens is 286 g/mol. The summed E-state index contributed by atoms with van der Waals surface area (Å²) in [5.41, 5.74) is 0. The zero-order chi connectivity index (χ0) is 15.9. The molecule has 0 spiro atoms. The average molecular weight is 320 g/mol. The lowest BCUT2D eigenvalue weighted by molar-refractivity contribution is 0.261. The van der Waals surface area contributed by atoms with Crippen molar-refractivity contribution in [1.29, 1.82) is 0 Å². The molecule has 1 heterocycles. The molecule has 6 heteroatoms. The maximum atomic E-state index is 12.2. The van der Waals surface area contributed by atoms with Gasteiger partial charge in [0.15, 0.2) is 0 Å². The molecule has 0 unspecified atom stereocenters. The Bertz CT molecular complexity index is 374. The van der Waals surface area contributed by atoms with E-state index in [4.69, 9.17) is 0 Å². The Hall–Kier alpha value is -0.170. The van der Waals surface area contributed by atoms with Gasteiger partial charge >= 0.3 is 0 Å². The van der Waals surface area contributed by atoms with E-state index in [2.05, 4.69) is 37.7 Å². The summed E-state index contributed by atoms with van der Waals surface area (Å²) in [4.78, 5) is 0. The summed E-state index contributed by atoms with van der Waals surface area (Å²) in [6.45, 7) is 11.4. The van der Waals surface area contributed by atoms with E-state index in [-0.39, 0.29) is 0 Å². The van der Waals surface area contributed by atoms with E-state index >= 15 is 0 Å². The number of piperidine rings is 1. The van der Waals surface area contributed by atoms with Gasteiger partial charge in [-0.1, -0.05) is 27.7 Å². The maximum absolute atomic E-state index is 12.2. The van der Waals surface area contributed by atoms with Gasteiger partial charge in [0.2, 0.25) is 0 Å². The smallest absolute Gasteiger partial charge is 0.279 e. The first-order valence-corrected chi connectivity index (χ1v) is 9.73. The van der Waals surface area contributed by atoms with Crippen molar-refractivity contribution in [1.82, 2.24) is 14.3 Å². The van der Waals surface area contributed by atoms with Crippen LogP contribution in [0.3, 0.4) is 0 Å². The van der Waals surface area contributed by atoms with Crippen LogP contribution in [0.2, 0.25) is 0 Å². The second kappa shape index (κ2) is 9.08. The lowest BCUT2D eigenvalue weighted by Gasteiger charge is -2.31. The standard InChI is InChI=1S/C15H33N3O2S/c1-13(2)6-5-9-17-21(19,20)18-10-7-15(8-11-18)12-16-14(3)4/h13-17H,5-12H2,1-4H3. The first kappa shape index (κ1) is 18.9. The molecule has 2 N–H and O–H groups in total. The fourth-order valence-electron chi connectivity index (χ4n) is 2.56. The summed E-state index contributed by atoms with van der Waals surface area (Å²) >= 11 is 0. The van der Waals surface area contributed by atoms with E-state index in [0.717, 1.165) is 32.2 Å². The van der Waals surface area contributed by atoms with Crippen molar-refractivity contribution in [3.63, 3.8) is 0 Å². The normalized spacial score (nSPS) is 18.8. The van der Waals surface area contributed by atoms with Crippen LogP contribution in [0.4, 0.5) is 0 Å². The fourth-order valence-corrected chi connectivity index (χ4v) is 3.84. The Morgan fingerprint density at radius 2 is 1.76 bits per heavy atom. The SMILES string of the molecule is CC(C)CCCNS(=O)(=O)N1CCC(CNC(C)C)CC1. The molecule has 0 saturated carbocycles.